The Balaban J connectivity index is 2.15. The number of primary sulfonamides is 1. The fourth-order valence-electron chi connectivity index (χ4n) is 1.72. The van der Waals surface area contributed by atoms with Crippen LogP contribution in [0.15, 0.2) is 47.4 Å². The maximum atomic E-state index is 13.0. The summed E-state index contributed by atoms with van der Waals surface area (Å²) in [5.74, 6) is -0.318. The molecule has 5 nitrogen and oxygen atoms in total. The van der Waals surface area contributed by atoms with Crippen LogP contribution in [0, 0.1) is 5.82 Å². The SMILES string of the molecule is Nc1cc(S(N)(=O)=O)ccc1NCc1cccc(F)c1. The number of rotatable bonds is 4. The van der Waals surface area contributed by atoms with Crippen molar-refractivity contribution in [2.75, 3.05) is 11.1 Å². The molecule has 2 aromatic rings. The largest absolute Gasteiger partial charge is 0.397 e. The zero-order chi connectivity index (χ0) is 14.8. The average Bonchev–Trinajstić information content (AvgIpc) is 2.36. The number of benzene rings is 2. The van der Waals surface area contributed by atoms with Crippen LogP contribution < -0.4 is 16.2 Å². The lowest BCUT2D eigenvalue weighted by Crippen LogP contribution is -2.13. The summed E-state index contributed by atoms with van der Waals surface area (Å²) in [5, 5.41) is 8.02. The number of halogens is 1. The van der Waals surface area contributed by atoms with Gasteiger partial charge in [0.05, 0.1) is 16.3 Å². The third kappa shape index (κ3) is 3.46. The Kier molecular flexibility index (Phi) is 3.91. The van der Waals surface area contributed by atoms with Crippen LogP contribution in [0.1, 0.15) is 5.56 Å². The molecule has 20 heavy (non-hydrogen) atoms. The summed E-state index contributed by atoms with van der Waals surface area (Å²) < 4.78 is 35.4. The van der Waals surface area contributed by atoms with Crippen molar-refractivity contribution in [2.24, 2.45) is 5.14 Å². The molecule has 0 saturated heterocycles. The highest BCUT2D eigenvalue weighted by Gasteiger charge is 2.09. The molecule has 0 aromatic heterocycles. The average molecular weight is 295 g/mol. The molecule has 0 spiro atoms. The minimum atomic E-state index is -3.77. The fraction of sp³-hybridized carbons (Fsp3) is 0.0769. The van der Waals surface area contributed by atoms with E-state index in [0.29, 0.717) is 12.2 Å². The third-order valence-electron chi connectivity index (χ3n) is 2.72. The van der Waals surface area contributed by atoms with Crippen LogP contribution in [-0.4, -0.2) is 8.42 Å². The van der Waals surface area contributed by atoms with E-state index in [2.05, 4.69) is 5.32 Å². The first-order valence-corrected chi connectivity index (χ1v) is 7.31. The number of hydrogen-bond acceptors (Lipinski definition) is 4. The Labute approximate surface area is 116 Å². The van der Waals surface area contributed by atoms with Crippen molar-refractivity contribution in [3.8, 4) is 0 Å². The van der Waals surface area contributed by atoms with E-state index >= 15 is 0 Å². The number of nitrogen functional groups attached to an aromatic ring is 1. The maximum absolute atomic E-state index is 13.0. The van der Waals surface area contributed by atoms with Crippen molar-refractivity contribution < 1.29 is 12.8 Å². The lowest BCUT2D eigenvalue weighted by Gasteiger charge is -2.10. The molecule has 0 amide bonds. The molecule has 0 unspecified atom stereocenters. The lowest BCUT2D eigenvalue weighted by molar-refractivity contribution is 0.598. The van der Waals surface area contributed by atoms with E-state index in [4.69, 9.17) is 10.9 Å². The summed E-state index contributed by atoms with van der Waals surface area (Å²) in [6, 6.07) is 10.3. The predicted molar refractivity (Wildman–Crippen MR) is 76.0 cm³/mol. The Bertz CT molecular complexity index is 732. The molecular formula is C13H14FN3O2S. The normalized spacial score (nSPS) is 11.3. The molecule has 0 bridgehead atoms. The second-order valence-corrected chi connectivity index (χ2v) is 5.84. The topological polar surface area (TPSA) is 98.2 Å². The second kappa shape index (κ2) is 5.48. The summed E-state index contributed by atoms with van der Waals surface area (Å²) in [6.45, 7) is 0.372. The number of nitrogens with one attached hydrogen (secondary N) is 1. The third-order valence-corrected chi connectivity index (χ3v) is 3.63. The van der Waals surface area contributed by atoms with Gasteiger partial charge in [0.15, 0.2) is 0 Å². The highest BCUT2D eigenvalue weighted by Crippen LogP contribution is 2.22. The Morgan fingerprint density at radius 3 is 2.50 bits per heavy atom. The van der Waals surface area contributed by atoms with Gasteiger partial charge in [0, 0.05) is 6.54 Å². The number of sulfonamides is 1. The minimum absolute atomic E-state index is 0.0497. The van der Waals surface area contributed by atoms with E-state index in [0.717, 1.165) is 5.56 Å². The van der Waals surface area contributed by atoms with Gasteiger partial charge >= 0.3 is 0 Å². The van der Waals surface area contributed by atoms with Crippen molar-refractivity contribution in [2.45, 2.75) is 11.4 Å². The van der Waals surface area contributed by atoms with Crippen molar-refractivity contribution in [3.05, 3.63) is 53.8 Å². The van der Waals surface area contributed by atoms with Gasteiger partial charge in [-0.05, 0) is 35.9 Å². The van der Waals surface area contributed by atoms with Gasteiger partial charge < -0.3 is 11.1 Å². The quantitative estimate of drug-likeness (QED) is 0.747. The van der Waals surface area contributed by atoms with Crippen LogP contribution >= 0.6 is 0 Å². The van der Waals surface area contributed by atoms with Crippen LogP contribution in [0.3, 0.4) is 0 Å². The van der Waals surface area contributed by atoms with E-state index < -0.39 is 10.0 Å². The smallest absolute Gasteiger partial charge is 0.238 e. The molecular weight excluding hydrogens is 281 g/mol. The summed E-state index contributed by atoms with van der Waals surface area (Å²) in [7, 11) is -3.77. The highest BCUT2D eigenvalue weighted by atomic mass is 32.2. The number of nitrogens with two attached hydrogens (primary N) is 2. The Morgan fingerprint density at radius 2 is 1.90 bits per heavy atom. The standard InChI is InChI=1S/C13H14FN3O2S/c14-10-3-1-2-9(6-10)8-17-13-5-4-11(7-12(13)15)20(16,18)19/h1-7,17H,8,15H2,(H2,16,18,19). The maximum Gasteiger partial charge on any atom is 0.238 e. The monoisotopic (exact) mass is 295 g/mol. The van der Waals surface area contributed by atoms with E-state index in [-0.39, 0.29) is 16.4 Å². The van der Waals surface area contributed by atoms with Crippen molar-refractivity contribution in [3.63, 3.8) is 0 Å². The van der Waals surface area contributed by atoms with Gasteiger partial charge in [-0.3, -0.25) is 0 Å². The minimum Gasteiger partial charge on any atom is -0.397 e. The van der Waals surface area contributed by atoms with Crippen molar-refractivity contribution in [1.29, 1.82) is 0 Å². The molecule has 0 aliphatic heterocycles. The summed E-state index contributed by atoms with van der Waals surface area (Å²) in [6.07, 6.45) is 0. The number of hydrogen-bond donors (Lipinski definition) is 3. The molecule has 0 aliphatic rings. The molecule has 106 valence electrons. The van der Waals surface area contributed by atoms with E-state index in [1.807, 2.05) is 0 Å². The molecule has 0 saturated carbocycles. The molecule has 0 atom stereocenters. The van der Waals surface area contributed by atoms with Crippen LogP contribution in [0.25, 0.3) is 0 Å². The lowest BCUT2D eigenvalue weighted by atomic mass is 10.2. The molecule has 0 heterocycles. The molecule has 5 N–H and O–H groups in total. The molecule has 2 aromatic carbocycles. The van der Waals surface area contributed by atoms with Crippen LogP contribution in [0.5, 0.6) is 0 Å². The fourth-order valence-corrected chi connectivity index (χ4v) is 2.27. The number of anilines is 2. The predicted octanol–water partition coefficient (Wildman–Crippen LogP) is 1.67. The van der Waals surface area contributed by atoms with Gasteiger partial charge in [-0.2, -0.15) is 0 Å². The van der Waals surface area contributed by atoms with Gasteiger partial charge in [0.25, 0.3) is 0 Å². The summed E-state index contributed by atoms with van der Waals surface area (Å²) in [4.78, 5) is -0.0497. The van der Waals surface area contributed by atoms with Gasteiger partial charge in [0.2, 0.25) is 10.0 Å². The van der Waals surface area contributed by atoms with Gasteiger partial charge in [-0.15, -0.1) is 0 Å². The molecule has 0 aliphatic carbocycles. The second-order valence-electron chi connectivity index (χ2n) is 4.28. The first-order chi connectivity index (χ1) is 9.36. The summed E-state index contributed by atoms with van der Waals surface area (Å²) >= 11 is 0. The van der Waals surface area contributed by atoms with Crippen LogP contribution in [0.4, 0.5) is 15.8 Å². The van der Waals surface area contributed by atoms with Crippen molar-refractivity contribution in [1.82, 2.24) is 0 Å². The summed E-state index contributed by atoms with van der Waals surface area (Å²) in [5.41, 5.74) is 7.32. The first kappa shape index (κ1) is 14.3. The van der Waals surface area contributed by atoms with E-state index in [9.17, 15) is 12.8 Å². The highest BCUT2D eigenvalue weighted by molar-refractivity contribution is 7.89. The molecule has 7 heteroatoms. The Morgan fingerprint density at radius 1 is 1.15 bits per heavy atom. The van der Waals surface area contributed by atoms with Crippen molar-refractivity contribution >= 4 is 21.4 Å². The van der Waals surface area contributed by atoms with Gasteiger partial charge in [-0.25, -0.2) is 17.9 Å². The van der Waals surface area contributed by atoms with E-state index in [1.165, 1.54) is 30.3 Å². The zero-order valence-electron chi connectivity index (χ0n) is 10.5. The first-order valence-electron chi connectivity index (χ1n) is 5.77. The molecule has 2 rings (SSSR count). The van der Waals surface area contributed by atoms with Crippen LogP contribution in [-0.2, 0) is 16.6 Å². The van der Waals surface area contributed by atoms with E-state index in [1.54, 1.807) is 12.1 Å². The van der Waals surface area contributed by atoms with Gasteiger partial charge in [0.1, 0.15) is 5.82 Å². The molecule has 0 radical (unpaired) electrons. The Hall–Kier alpha value is -2.12. The van der Waals surface area contributed by atoms with Crippen LogP contribution in [0.2, 0.25) is 0 Å². The zero-order valence-corrected chi connectivity index (χ0v) is 11.3. The van der Waals surface area contributed by atoms with Gasteiger partial charge in [-0.1, -0.05) is 12.1 Å². The molecule has 0 fully saturated rings.